The van der Waals surface area contributed by atoms with Crippen LogP contribution in [0.3, 0.4) is 0 Å². The maximum Gasteiger partial charge on any atom is 0.269 e. The van der Waals surface area contributed by atoms with Gasteiger partial charge < -0.3 is 4.90 Å². The quantitative estimate of drug-likeness (QED) is 0.513. The van der Waals surface area contributed by atoms with Crippen LogP contribution in [0.4, 0.5) is 5.13 Å². The summed E-state index contributed by atoms with van der Waals surface area (Å²) in [5.41, 5.74) is 0.380. The molecule has 2 aromatic rings. The van der Waals surface area contributed by atoms with Crippen LogP contribution < -0.4 is 10.0 Å². The van der Waals surface area contributed by atoms with Gasteiger partial charge in [0.1, 0.15) is 0 Å². The van der Waals surface area contributed by atoms with E-state index in [1.54, 1.807) is 24.3 Å². The van der Waals surface area contributed by atoms with Crippen molar-refractivity contribution in [2.24, 2.45) is 0 Å². The Balaban J connectivity index is 1.96. The Hall–Kier alpha value is -1.59. The molecule has 0 bridgehead atoms. The van der Waals surface area contributed by atoms with Crippen LogP contribution in [0.15, 0.2) is 28.6 Å². The van der Waals surface area contributed by atoms with Gasteiger partial charge in [-0.05, 0) is 51.3 Å². The summed E-state index contributed by atoms with van der Waals surface area (Å²) in [5.74, 6) is -0.421. The van der Waals surface area contributed by atoms with Crippen LogP contribution in [0.25, 0.3) is 0 Å². The molecule has 0 saturated carbocycles. The fourth-order valence-corrected chi connectivity index (χ4v) is 3.94. The number of rotatable bonds is 8. The fourth-order valence-electron chi connectivity index (χ4n) is 1.80. The molecule has 0 radical (unpaired) electrons. The Morgan fingerprint density at radius 1 is 1.24 bits per heavy atom. The Kier molecular flexibility index (Phi) is 6.85. The number of nitrogens with zero attached hydrogens (tertiary/aromatic N) is 3. The predicted octanol–water partition coefficient (Wildman–Crippen LogP) is 1.67. The maximum absolute atomic E-state index is 12.1. The third kappa shape index (κ3) is 6.01. The highest BCUT2D eigenvalue weighted by Crippen LogP contribution is 2.20. The van der Waals surface area contributed by atoms with Crippen molar-refractivity contribution in [1.29, 1.82) is 0 Å². The Morgan fingerprint density at radius 2 is 1.92 bits per heavy atom. The number of carbonyl (C=O) groups excluding carboxylic acids is 1. The van der Waals surface area contributed by atoms with Crippen molar-refractivity contribution in [3.05, 3.63) is 34.9 Å². The van der Waals surface area contributed by atoms with Gasteiger partial charge in [-0.3, -0.25) is 10.1 Å². The maximum atomic E-state index is 12.1. The van der Waals surface area contributed by atoms with Crippen LogP contribution in [0, 0.1) is 0 Å². The average Bonchev–Trinajstić information content (AvgIpc) is 3.01. The molecular weight excluding hydrogens is 386 g/mol. The first-order valence-electron chi connectivity index (χ1n) is 7.33. The monoisotopic (exact) mass is 403 g/mol. The molecule has 0 spiro atoms. The predicted molar refractivity (Wildman–Crippen MR) is 97.7 cm³/mol. The molecule has 25 heavy (non-hydrogen) atoms. The molecule has 8 nitrogen and oxygen atoms in total. The number of aromatic nitrogens is 2. The standard InChI is InChI=1S/C14H18ClN5O3S2/c1-20(2)9-3-8-16-25(22,23)14-19-18-13(24-14)17-12(21)10-4-6-11(15)7-5-10/h4-7,16H,3,8-9H2,1-2H3,(H,17,18,21). The number of amides is 1. The zero-order valence-corrected chi connectivity index (χ0v) is 16.1. The normalized spacial score (nSPS) is 11.7. The molecule has 0 aliphatic rings. The summed E-state index contributed by atoms with van der Waals surface area (Å²) in [6, 6.07) is 6.29. The first-order valence-corrected chi connectivity index (χ1v) is 10.0. The van der Waals surface area contributed by atoms with E-state index in [4.69, 9.17) is 11.6 Å². The van der Waals surface area contributed by atoms with E-state index in [-0.39, 0.29) is 9.47 Å². The zero-order chi connectivity index (χ0) is 18.4. The number of sulfonamides is 1. The second-order valence-corrected chi connectivity index (χ2v) is 8.74. The topological polar surface area (TPSA) is 104 Å². The van der Waals surface area contributed by atoms with E-state index >= 15 is 0 Å². The molecule has 2 rings (SSSR count). The number of hydrogen-bond donors (Lipinski definition) is 2. The van der Waals surface area contributed by atoms with E-state index < -0.39 is 15.9 Å². The Morgan fingerprint density at radius 3 is 2.56 bits per heavy atom. The van der Waals surface area contributed by atoms with Gasteiger partial charge in [0.15, 0.2) is 0 Å². The van der Waals surface area contributed by atoms with Gasteiger partial charge in [-0.2, -0.15) is 0 Å². The molecule has 1 heterocycles. The third-order valence-electron chi connectivity index (χ3n) is 3.04. The second-order valence-electron chi connectivity index (χ2n) is 5.39. The number of carbonyl (C=O) groups is 1. The van der Waals surface area contributed by atoms with Gasteiger partial charge in [0.05, 0.1) is 0 Å². The lowest BCUT2D eigenvalue weighted by atomic mass is 10.2. The minimum absolute atomic E-state index is 0.105. The molecule has 2 N–H and O–H groups in total. The van der Waals surface area contributed by atoms with Crippen molar-refractivity contribution in [2.45, 2.75) is 10.8 Å². The lowest BCUT2D eigenvalue weighted by Crippen LogP contribution is -2.27. The highest BCUT2D eigenvalue weighted by molar-refractivity contribution is 7.91. The molecule has 1 aromatic carbocycles. The van der Waals surface area contributed by atoms with Crippen LogP contribution in [0.2, 0.25) is 5.02 Å². The van der Waals surface area contributed by atoms with Gasteiger partial charge in [-0.25, -0.2) is 13.1 Å². The van der Waals surface area contributed by atoms with Gasteiger partial charge in [0.25, 0.3) is 15.9 Å². The highest BCUT2D eigenvalue weighted by atomic mass is 35.5. The van der Waals surface area contributed by atoms with E-state index in [0.29, 0.717) is 23.6 Å². The van der Waals surface area contributed by atoms with Crippen molar-refractivity contribution in [2.75, 3.05) is 32.5 Å². The number of anilines is 1. The Bertz CT molecular complexity index is 821. The molecule has 11 heteroatoms. The van der Waals surface area contributed by atoms with Crippen molar-refractivity contribution in [3.8, 4) is 0 Å². The summed E-state index contributed by atoms with van der Waals surface area (Å²) >= 11 is 6.56. The molecule has 136 valence electrons. The highest BCUT2D eigenvalue weighted by Gasteiger charge is 2.20. The lowest BCUT2D eigenvalue weighted by Gasteiger charge is -2.09. The van der Waals surface area contributed by atoms with Crippen molar-refractivity contribution >= 4 is 44.0 Å². The fraction of sp³-hybridized carbons (Fsp3) is 0.357. The largest absolute Gasteiger partial charge is 0.309 e. The lowest BCUT2D eigenvalue weighted by molar-refractivity contribution is 0.102. The summed E-state index contributed by atoms with van der Waals surface area (Å²) in [5, 5.41) is 10.5. The van der Waals surface area contributed by atoms with Gasteiger partial charge in [-0.15, -0.1) is 10.2 Å². The number of halogens is 1. The van der Waals surface area contributed by atoms with E-state index in [1.807, 2.05) is 19.0 Å². The second kappa shape index (κ2) is 8.68. The van der Waals surface area contributed by atoms with Gasteiger partial charge in [0.2, 0.25) is 9.47 Å². The van der Waals surface area contributed by atoms with E-state index in [9.17, 15) is 13.2 Å². The molecule has 0 fully saturated rings. The van der Waals surface area contributed by atoms with Gasteiger partial charge >= 0.3 is 0 Å². The van der Waals surface area contributed by atoms with Crippen molar-refractivity contribution in [1.82, 2.24) is 19.8 Å². The number of hydrogen-bond acceptors (Lipinski definition) is 7. The van der Waals surface area contributed by atoms with Gasteiger partial charge in [0, 0.05) is 17.1 Å². The molecule has 1 aromatic heterocycles. The first-order chi connectivity index (χ1) is 11.8. The van der Waals surface area contributed by atoms with Crippen LogP contribution in [0.1, 0.15) is 16.8 Å². The summed E-state index contributed by atoms with van der Waals surface area (Å²) in [4.78, 5) is 14.0. The Labute approximate surface area is 155 Å². The van der Waals surface area contributed by atoms with E-state index in [2.05, 4.69) is 20.2 Å². The van der Waals surface area contributed by atoms with E-state index in [0.717, 1.165) is 17.9 Å². The smallest absolute Gasteiger partial charge is 0.269 e. The molecule has 0 aliphatic heterocycles. The summed E-state index contributed by atoms with van der Waals surface area (Å²) in [7, 11) is 0.0874. The first kappa shape index (κ1) is 19.7. The van der Waals surface area contributed by atoms with Crippen molar-refractivity contribution < 1.29 is 13.2 Å². The summed E-state index contributed by atoms with van der Waals surface area (Å²) in [6.07, 6.45) is 0.672. The molecule has 0 aliphatic carbocycles. The van der Waals surface area contributed by atoms with Gasteiger partial charge in [-0.1, -0.05) is 22.9 Å². The SMILES string of the molecule is CN(C)CCCNS(=O)(=O)c1nnc(NC(=O)c2ccc(Cl)cc2)s1. The molecule has 0 atom stereocenters. The minimum Gasteiger partial charge on any atom is -0.309 e. The number of benzene rings is 1. The minimum atomic E-state index is -3.74. The van der Waals surface area contributed by atoms with Crippen LogP contribution in [-0.2, 0) is 10.0 Å². The molecule has 1 amide bonds. The zero-order valence-electron chi connectivity index (χ0n) is 13.7. The summed E-state index contributed by atoms with van der Waals surface area (Å²) < 4.78 is 26.5. The molecule has 0 unspecified atom stereocenters. The average molecular weight is 404 g/mol. The van der Waals surface area contributed by atoms with Crippen molar-refractivity contribution in [3.63, 3.8) is 0 Å². The van der Waals surface area contributed by atoms with Crippen LogP contribution >= 0.6 is 22.9 Å². The molecular formula is C14H18ClN5O3S2. The van der Waals surface area contributed by atoms with E-state index in [1.165, 1.54) is 0 Å². The van der Waals surface area contributed by atoms with Crippen LogP contribution in [0.5, 0.6) is 0 Å². The number of nitrogens with one attached hydrogen (secondary N) is 2. The third-order valence-corrected chi connectivity index (χ3v) is 5.96. The summed E-state index contributed by atoms with van der Waals surface area (Å²) in [6.45, 7) is 1.06. The molecule has 0 saturated heterocycles. The van der Waals surface area contributed by atoms with Crippen LogP contribution in [-0.4, -0.2) is 56.6 Å².